The van der Waals surface area contributed by atoms with Crippen LogP contribution >= 0.6 is 27.3 Å². The Bertz CT molecular complexity index is 691. The minimum atomic E-state index is -1.26. The molecule has 0 N–H and O–H groups in total. The largest absolute Gasteiger partial charge is 0.292 e. The molecule has 0 saturated heterocycles. The maximum Gasteiger partial charge on any atom is 0.186 e. The highest BCUT2D eigenvalue weighted by atomic mass is 79.9. The first-order valence-corrected chi connectivity index (χ1v) is 9.40. The standard InChI is InChI=1S/C15H13BrO2S2/c16-13-6-7-19-15(13)14(17)9-20(18)12-5-4-10-2-1-3-11(10)8-12/h4-8H,1-3,9H2. The molecule has 0 aliphatic heterocycles. The van der Waals surface area contributed by atoms with Crippen LogP contribution in [0, 0.1) is 0 Å². The number of ketones is 1. The van der Waals surface area contributed by atoms with Gasteiger partial charge in [0.05, 0.1) is 21.4 Å². The molecule has 2 nitrogen and oxygen atoms in total. The van der Waals surface area contributed by atoms with Crippen molar-refractivity contribution in [1.82, 2.24) is 0 Å². The van der Waals surface area contributed by atoms with E-state index in [2.05, 4.69) is 22.0 Å². The number of thiophene rings is 1. The summed E-state index contributed by atoms with van der Waals surface area (Å²) in [5.41, 5.74) is 2.65. The molecule has 0 amide bonds. The molecule has 1 atom stereocenters. The van der Waals surface area contributed by atoms with Crippen molar-refractivity contribution >= 4 is 43.8 Å². The quantitative estimate of drug-likeness (QED) is 0.764. The first kappa shape index (κ1) is 14.2. The minimum Gasteiger partial charge on any atom is -0.292 e. The van der Waals surface area contributed by atoms with E-state index in [4.69, 9.17) is 0 Å². The van der Waals surface area contributed by atoms with Crippen molar-refractivity contribution in [3.63, 3.8) is 0 Å². The van der Waals surface area contributed by atoms with Crippen LogP contribution in [0.15, 0.2) is 39.0 Å². The zero-order chi connectivity index (χ0) is 14.1. The maximum absolute atomic E-state index is 12.3. The summed E-state index contributed by atoms with van der Waals surface area (Å²) >= 11 is 4.73. The van der Waals surface area contributed by atoms with Crippen LogP contribution in [0.1, 0.15) is 27.2 Å². The SMILES string of the molecule is O=C(CS(=O)c1ccc2c(c1)CCC2)c1sccc1Br. The van der Waals surface area contributed by atoms with Gasteiger partial charge in [0.25, 0.3) is 0 Å². The molecule has 0 saturated carbocycles. The molecule has 0 fully saturated rings. The highest BCUT2D eigenvalue weighted by Gasteiger charge is 2.18. The summed E-state index contributed by atoms with van der Waals surface area (Å²) < 4.78 is 13.1. The Kier molecular flexibility index (Phi) is 4.19. The van der Waals surface area contributed by atoms with Crippen LogP contribution in [0.2, 0.25) is 0 Å². The molecule has 0 radical (unpaired) electrons. The van der Waals surface area contributed by atoms with Gasteiger partial charge in [-0.15, -0.1) is 11.3 Å². The number of carbonyl (C=O) groups excluding carboxylic acids is 1. The Labute approximate surface area is 132 Å². The summed E-state index contributed by atoms with van der Waals surface area (Å²) in [4.78, 5) is 13.6. The van der Waals surface area contributed by atoms with Crippen molar-refractivity contribution in [3.05, 3.63) is 50.1 Å². The smallest absolute Gasteiger partial charge is 0.186 e. The lowest BCUT2D eigenvalue weighted by Gasteiger charge is -2.05. The lowest BCUT2D eigenvalue weighted by atomic mass is 10.1. The number of benzene rings is 1. The number of fused-ring (bicyclic) bond motifs is 1. The van der Waals surface area contributed by atoms with Gasteiger partial charge in [0, 0.05) is 9.37 Å². The van der Waals surface area contributed by atoms with Crippen LogP contribution in [0.5, 0.6) is 0 Å². The van der Waals surface area contributed by atoms with E-state index in [9.17, 15) is 9.00 Å². The molecular formula is C15H13BrO2S2. The summed E-state index contributed by atoms with van der Waals surface area (Å²) in [5.74, 6) is -0.0107. The van der Waals surface area contributed by atoms with Gasteiger partial charge in [-0.2, -0.15) is 0 Å². The van der Waals surface area contributed by atoms with E-state index in [1.165, 1.54) is 28.9 Å². The molecule has 1 heterocycles. The van der Waals surface area contributed by atoms with Crippen molar-refractivity contribution < 1.29 is 9.00 Å². The number of carbonyl (C=O) groups is 1. The number of Topliss-reactive ketones (excluding diaryl/α,β-unsaturated/α-hetero) is 1. The molecule has 3 rings (SSSR count). The molecule has 1 aromatic carbocycles. The van der Waals surface area contributed by atoms with Gasteiger partial charge in [-0.1, -0.05) is 6.07 Å². The first-order valence-electron chi connectivity index (χ1n) is 6.41. The van der Waals surface area contributed by atoms with Crippen LogP contribution in [-0.2, 0) is 23.6 Å². The normalized spacial score (nSPS) is 15.1. The van der Waals surface area contributed by atoms with E-state index in [-0.39, 0.29) is 11.5 Å². The highest BCUT2D eigenvalue weighted by Crippen LogP contribution is 2.26. The second-order valence-corrected chi connectivity index (χ2v) is 8.02. The van der Waals surface area contributed by atoms with Gasteiger partial charge in [0.1, 0.15) is 0 Å². The summed E-state index contributed by atoms with van der Waals surface area (Å²) in [6, 6.07) is 7.81. The van der Waals surface area contributed by atoms with Crippen LogP contribution in [0.4, 0.5) is 0 Å². The van der Waals surface area contributed by atoms with Gasteiger partial charge >= 0.3 is 0 Å². The Morgan fingerprint density at radius 1 is 1.25 bits per heavy atom. The van der Waals surface area contributed by atoms with E-state index in [0.717, 1.165) is 22.2 Å². The van der Waals surface area contributed by atoms with Crippen LogP contribution in [0.3, 0.4) is 0 Å². The Hall–Kier alpha value is -0.780. The number of rotatable bonds is 4. The van der Waals surface area contributed by atoms with E-state index < -0.39 is 10.8 Å². The fourth-order valence-corrected chi connectivity index (χ4v) is 5.12. The molecule has 104 valence electrons. The predicted molar refractivity (Wildman–Crippen MR) is 86.1 cm³/mol. The average Bonchev–Trinajstić information content (AvgIpc) is 3.05. The Morgan fingerprint density at radius 2 is 2.05 bits per heavy atom. The van der Waals surface area contributed by atoms with Crippen molar-refractivity contribution in [2.45, 2.75) is 24.2 Å². The summed E-state index contributed by atoms with van der Waals surface area (Å²) in [6.07, 6.45) is 3.35. The van der Waals surface area contributed by atoms with E-state index in [1.807, 2.05) is 23.6 Å². The van der Waals surface area contributed by atoms with Crippen molar-refractivity contribution in [3.8, 4) is 0 Å². The van der Waals surface area contributed by atoms with Gasteiger partial charge in [0.2, 0.25) is 0 Å². The number of hydrogen-bond acceptors (Lipinski definition) is 3. The summed E-state index contributed by atoms with van der Waals surface area (Å²) in [6.45, 7) is 0. The number of halogens is 1. The molecule has 5 heteroatoms. The molecule has 1 aromatic heterocycles. The second kappa shape index (κ2) is 5.92. The van der Waals surface area contributed by atoms with E-state index >= 15 is 0 Å². The third-order valence-corrected chi connectivity index (χ3v) is 6.65. The van der Waals surface area contributed by atoms with E-state index in [1.54, 1.807) is 0 Å². The lowest BCUT2D eigenvalue weighted by Crippen LogP contribution is -2.10. The second-order valence-electron chi connectivity index (χ2n) is 4.79. The third kappa shape index (κ3) is 2.80. The first-order chi connectivity index (χ1) is 9.65. The summed E-state index contributed by atoms with van der Waals surface area (Å²) in [5, 5.41) is 1.86. The molecule has 2 aromatic rings. The average molecular weight is 369 g/mol. The van der Waals surface area contributed by atoms with Crippen molar-refractivity contribution in [1.29, 1.82) is 0 Å². The molecular weight excluding hydrogens is 356 g/mol. The van der Waals surface area contributed by atoms with Crippen LogP contribution in [0.25, 0.3) is 0 Å². The van der Waals surface area contributed by atoms with Gasteiger partial charge in [-0.3, -0.25) is 9.00 Å². The zero-order valence-electron chi connectivity index (χ0n) is 10.7. The van der Waals surface area contributed by atoms with Gasteiger partial charge in [-0.25, -0.2) is 0 Å². The monoisotopic (exact) mass is 368 g/mol. The Morgan fingerprint density at radius 3 is 2.80 bits per heavy atom. The van der Waals surface area contributed by atoms with Crippen molar-refractivity contribution in [2.75, 3.05) is 5.75 Å². The molecule has 1 aliphatic rings. The minimum absolute atomic E-state index is 0.0535. The molecule has 1 aliphatic carbocycles. The number of aryl methyl sites for hydroxylation is 2. The molecule has 1 unspecified atom stereocenters. The third-order valence-electron chi connectivity index (χ3n) is 3.47. The maximum atomic E-state index is 12.3. The van der Waals surface area contributed by atoms with Gasteiger partial charge < -0.3 is 0 Å². The lowest BCUT2D eigenvalue weighted by molar-refractivity contribution is 0.102. The summed E-state index contributed by atoms with van der Waals surface area (Å²) in [7, 11) is -1.26. The predicted octanol–water partition coefficient (Wildman–Crippen LogP) is 3.99. The molecule has 0 spiro atoms. The van der Waals surface area contributed by atoms with Gasteiger partial charge in [0.15, 0.2) is 5.78 Å². The molecule has 20 heavy (non-hydrogen) atoms. The van der Waals surface area contributed by atoms with Crippen LogP contribution < -0.4 is 0 Å². The van der Waals surface area contributed by atoms with Crippen molar-refractivity contribution in [2.24, 2.45) is 0 Å². The Balaban J connectivity index is 1.77. The van der Waals surface area contributed by atoms with Crippen LogP contribution in [-0.4, -0.2) is 15.7 Å². The van der Waals surface area contributed by atoms with E-state index in [0.29, 0.717) is 4.88 Å². The molecule has 0 bridgehead atoms. The fourth-order valence-electron chi connectivity index (χ4n) is 2.45. The van der Waals surface area contributed by atoms with Gasteiger partial charge in [-0.05, 0) is 69.9 Å². The highest BCUT2D eigenvalue weighted by molar-refractivity contribution is 9.10. The topological polar surface area (TPSA) is 34.1 Å². The number of hydrogen-bond donors (Lipinski definition) is 0. The fraction of sp³-hybridized carbons (Fsp3) is 0.267. The zero-order valence-corrected chi connectivity index (χ0v) is 13.9.